The van der Waals surface area contributed by atoms with Crippen molar-refractivity contribution >= 4 is 11.6 Å². The highest BCUT2D eigenvalue weighted by Gasteiger charge is 2.13. The maximum Gasteiger partial charge on any atom is 0.226 e. The molecule has 0 aliphatic carbocycles. The van der Waals surface area contributed by atoms with Crippen molar-refractivity contribution in [2.75, 3.05) is 11.4 Å². The van der Waals surface area contributed by atoms with Crippen LogP contribution >= 0.6 is 0 Å². The van der Waals surface area contributed by atoms with Crippen LogP contribution in [0, 0.1) is 6.92 Å². The fourth-order valence-corrected chi connectivity index (χ4v) is 1.94. The second-order valence-corrected chi connectivity index (χ2v) is 4.84. The van der Waals surface area contributed by atoms with Gasteiger partial charge in [-0.05, 0) is 45.7 Å². The predicted molar refractivity (Wildman–Crippen MR) is 76.7 cm³/mol. The van der Waals surface area contributed by atoms with Crippen LogP contribution < -0.4 is 10.6 Å². The molecule has 1 atom stereocenters. The van der Waals surface area contributed by atoms with Gasteiger partial charge in [0.1, 0.15) is 0 Å². The molecule has 1 aromatic carbocycles. The van der Waals surface area contributed by atoms with Crippen molar-refractivity contribution in [3.8, 4) is 0 Å². The molecule has 1 rings (SSSR count). The Labute approximate surface area is 110 Å². The van der Waals surface area contributed by atoms with E-state index in [0.717, 1.165) is 18.5 Å². The first-order valence-electron chi connectivity index (χ1n) is 6.67. The highest BCUT2D eigenvalue weighted by molar-refractivity contribution is 5.93. The average Bonchev–Trinajstić information content (AvgIpc) is 2.32. The van der Waals surface area contributed by atoms with E-state index in [1.807, 2.05) is 49.9 Å². The molecule has 0 heterocycles. The van der Waals surface area contributed by atoms with E-state index in [1.54, 1.807) is 0 Å². The number of benzene rings is 1. The summed E-state index contributed by atoms with van der Waals surface area (Å²) in [5.74, 6) is 0.182. The second kappa shape index (κ2) is 7.17. The van der Waals surface area contributed by atoms with Crippen molar-refractivity contribution in [1.82, 2.24) is 0 Å². The van der Waals surface area contributed by atoms with Crippen molar-refractivity contribution in [2.24, 2.45) is 5.73 Å². The largest absolute Gasteiger partial charge is 0.328 e. The minimum Gasteiger partial charge on any atom is -0.328 e. The Morgan fingerprint density at radius 3 is 2.44 bits per heavy atom. The number of hydrogen-bond donors (Lipinski definition) is 1. The first-order chi connectivity index (χ1) is 8.54. The Morgan fingerprint density at radius 2 is 1.94 bits per heavy atom. The van der Waals surface area contributed by atoms with Gasteiger partial charge in [0.15, 0.2) is 0 Å². The Kier molecular flexibility index (Phi) is 5.86. The first kappa shape index (κ1) is 14.7. The van der Waals surface area contributed by atoms with E-state index in [1.165, 1.54) is 5.56 Å². The Morgan fingerprint density at radius 1 is 1.33 bits per heavy atom. The van der Waals surface area contributed by atoms with Crippen LogP contribution in [-0.2, 0) is 4.79 Å². The van der Waals surface area contributed by atoms with Crippen LogP contribution in [0.1, 0.15) is 38.7 Å². The number of carbonyl (C=O) groups is 1. The molecular weight excluding hydrogens is 224 g/mol. The minimum absolute atomic E-state index is 0.173. The molecule has 1 amide bonds. The number of rotatable bonds is 6. The summed E-state index contributed by atoms with van der Waals surface area (Å²) in [6.45, 7) is 6.73. The number of hydrogen-bond acceptors (Lipinski definition) is 2. The number of aryl methyl sites for hydroxylation is 1. The van der Waals surface area contributed by atoms with Crippen molar-refractivity contribution in [2.45, 2.75) is 46.1 Å². The van der Waals surface area contributed by atoms with E-state index in [9.17, 15) is 4.79 Å². The third-order valence-electron chi connectivity index (χ3n) is 3.01. The van der Waals surface area contributed by atoms with Gasteiger partial charge in [0.05, 0.1) is 0 Å². The maximum atomic E-state index is 12.1. The maximum absolute atomic E-state index is 12.1. The molecule has 0 fully saturated rings. The molecule has 0 saturated heterocycles. The number of nitrogens with two attached hydrogens (primary N) is 1. The van der Waals surface area contributed by atoms with E-state index in [-0.39, 0.29) is 11.9 Å². The van der Waals surface area contributed by atoms with E-state index in [2.05, 4.69) is 0 Å². The van der Waals surface area contributed by atoms with E-state index in [4.69, 9.17) is 5.73 Å². The van der Waals surface area contributed by atoms with E-state index >= 15 is 0 Å². The highest BCUT2D eigenvalue weighted by atomic mass is 16.2. The SMILES string of the molecule is CCN(C(=O)CCCC(C)N)c1ccc(C)cc1. The third kappa shape index (κ3) is 4.49. The summed E-state index contributed by atoms with van der Waals surface area (Å²) in [5, 5.41) is 0. The molecule has 100 valence electrons. The van der Waals surface area contributed by atoms with E-state index < -0.39 is 0 Å². The van der Waals surface area contributed by atoms with Gasteiger partial charge in [0.25, 0.3) is 0 Å². The zero-order valence-electron chi connectivity index (χ0n) is 11.6. The van der Waals surface area contributed by atoms with Gasteiger partial charge < -0.3 is 10.6 Å². The van der Waals surface area contributed by atoms with Gasteiger partial charge >= 0.3 is 0 Å². The molecule has 18 heavy (non-hydrogen) atoms. The molecule has 0 aromatic heterocycles. The molecule has 0 bridgehead atoms. The second-order valence-electron chi connectivity index (χ2n) is 4.84. The third-order valence-corrected chi connectivity index (χ3v) is 3.01. The van der Waals surface area contributed by atoms with Crippen molar-refractivity contribution in [1.29, 1.82) is 0 Å². The van der Waals surface area contributed by atoms with Crippen molar-refractivity contribution in [3.05, 3.63) is 29.8 Å². The van der Waals surface area contributed by atoms with Gasteiger partial charge in [-0.1, -0.05) is 17.7 Å². The average molecular weight is 248 g/mol. The summed E-state index contributed by atoms with van der Waals surface area (Å²) in [4.78, 5) is 14.0. The summed E-state index contributed by atoms with van der Waals surface area (Å²) >= 11 is 0. The minimum atomic E-state index is 0.173. The molecule has 0 spiro atoms. The summed E-state index contributed by atoms with van der Waals surface area (Å²) in [6, 6.07) is 8.25. The molecular formula is C15H24N2O. The first-order valence-corrected chi connectivity index (χ1v) is 6.67. The lowest BCUT2D eigenvalue weighted by atomic mass is 10.1. The van der Waals surface area contributed by atoms with Crippen LogP contribution in [0.4, 0.5) is 5.69 Å². The smallest absolute Gasteiger partial charge is 0.226 e. The number of anilines is 1. The molecule has 2 N–H and O–H groups in total. The van der Waals surface area contributed by atoms with Crippen molar-refractivity contribution in [3.63, 3.8) is 0 Å². The van der Waals surface area contributed by atoms with Gasteiger partial charge in [-0.25, -0.2) is 0 Å². The van der Waals surface area contributed by atoms with Crippen LogP contribution in [0.2, 0.25) is 0 Å². The zero-order valence-corrected chi connectivity index (χ0v) is 11.6. The van der Waals surface area contributed by atoms with Crippen molar-refractivity contribution < 1.29 is 4.79 Å². The molecule has 1 unspecified atom stereocenters. The fraction of sp³-hybridized carbons (Fsp3) is 0.533. The van der Waals surface area contributed by atoms with Gasteiger partial charge in [0, 0.05) is 24.7 Å². The highest BCUT2D eigenvalue weighted by Crippen LogP contribution is 2.16. The van der Waals surface area contributed by atoms with Gasteiger partial charge in [-0.3, -0.25) is 4.79 Å². The number of amides is 1. The molecule has 3 nitrogen and oxygen atoms in total. The molecule has 0 aliphatic heterocycles. The quantitative estimate of drug-likeness (QED) is 0.841. The van der Waals surface area contributed by atoms with Crippen LogP contribution in [0.25, 0.3) is 0 Å². The zero-order chi connectivity index (χ0) is 13.5. The predicted octanol–water partition coefficient (Wildman–Crippen LogP) is 2.87. The van der Waals surface area contributed by atoms with Crippen LogP contribution in [0.3, 0.4) is 0 Å². The van der Waals surface area contributed by atoms with Gasteiger partial charge in [0.2, 0.25) is 5.91 Å². The van der Waals surface area contributed by atoms with Crippen LogP contribution in [-0.4, -0.2) is 18.5 Å². The number of carbonyl (C=O) groups excluding carboxylic acids is 1. The molecule has 0 radical (unpaired) electrons. The lowest BCUT2D eigenvalue weighted by molar-refractivity contribution is -0.118. The summed E-state index contributed by atoms with van der Waals surface area (Å²) in [7, 11) is 0. The number of nitrogens with zero attached hydrogens (tertiary/aromatic N) is 1. The summed E-state index contributed by atoms with van der Waals surface area (Å²) < 4.78 is 0. The summed E-state index contributed by atoms with van der Waals surface area (Å²) in [6.07, 6.45) is 2.33. The molecule has 3 heteroatoms. The fourth-order valence-electron chi connectivity index (χ4n) is 1.94. The van der Waals surface area contributed by atoms with Gasteiger partial charge in [-0.15, -0.1) is 0 Å². The molecule has 1 aromatic rings. The standard InChI is InChI=1S/C15H24N2O/c1-4-17(14-10-8-12(2)9-11-14)15(18)7-5-6-13(3)16/h8-11,13H,4-7,16H2,1-3H3. The van der Waals surface area contributed by atoms with Crippen LogP contribution in [0.15, 0.2) is 24.3 Å². The summed E-state index contributed by atoms with van der Waals surface area (Å²) in [5.41, 5.74) is 7.88. The molecule has 0 saturated carbocycles. The van der Waals surface area contributed by atoms with Gasteiger partial charge in [-0.2, -0.15) is 0 Å². The van der Waals surface area contributed by atoms with E-state index in [0.29, 0.717) is 13.0 Å². The lowest BCUT2D eigenvalue weighted by Crippen LogP contribution is -2.30. The Balaban J connectivity index is 2.60. The Hall–Kier alpha value is -1.35. The Bertz CT molecular complexity index is 371. The molecule has 0 aliphatic rings. The normalized spacial score (nSPS) is 12.2. The lowest BCUT2D eigenvalue weighted by Gasteiger charge is -2.21. The topological polar surface area (TPSA) is 46.3 Å². The van der Waals surface area contributed by atoms with Crippen LogP contribution in [0.5, 0.6) is 0 Å². The monoisotopic (exact) mass is 248 g/mol.